The Morgan fingerprint density at radius 2 is 2.22 bits per heavy atom. The van der Waals surface area contributed by atoms with Gasteiger partial charge in [0.1, 0.15) is 0 Å². The summed E-state index contributed by atoms with van der Waals surface area (Å²) in [7, 11) is -3.51. The van der Waals surface area contributed by atoms with Crippen LogP contribution >= 0.6 is 11.3 Å². The van der Waals surface area contributed by atoms with Crippen LogP contribution in [0.2, 0.25) is 0 Å². The van der Waals surface area contributed by atoms with Crippen molar-refractivity contribution in [1.82, 2.24) is 9.29 Å². The second-order valence-electron chi connectivity index (χ2n) is 4.41. The third kappa shape index (κ3) is 3.19. The van der Waals surface area contributed by atoms with Crippen molar-refractivity contribution in [2.45, 2.75) is 19.8 Å². The van der Waals surface area contributed by atoms with Crippen molar-refractivity contribution in [3.63, 3.8) is 0 Å². The fourth-order valence-electron chi connectivity index (χ4n) is 1.91. The molecule has 0 radical (unpaired) electrons. The van der Waals surface area contributed by atoms with E-state index in [0.717, 1.165) is 4.88 Å². The van der Waals surface area contributed by atoms with Crippen LogP contribution in [0.5, 0.6) is 0 Å². The molecule has 1 saturated heterocycles. The number of aliphatic hydroxyl groups is 1. The molecule has 1 aromatic heterocycles. The van der Waals surface area contributed by atoms with Gasteiger partial charge < -0.3 is 5.11 Å². The molecule has 0 spiro atoms. The fraction of sp³-hybridized carbons (Fsp3) is 0.700. The largest absolute Gasteiger partial charge is 0.396 e. The van der Waals surface area contributed by atoms with E-state index in [4.69, 9.17) is 5.11 Å². The van der Waals surface area contributed by atoms with Crippen molar-refractivity contribution in [3.8, 4) is 0 Å². The maximum Gasteiger partial charge on any atom is 0.303 e. The molecule has 1 aromatic rings. The highest BCUT2D eigenvalue weighted by atomic mass is 32.2. The molecule has 1 aliphatic heterocycles. The normalized spacial score (nSPS) is 19.0. The molecule has 0 bridgehead atoms. The number of aryl methyl sites for hydroxylation is 1. The molecule has 0 aromatic carbocycles. The van der Waals surface area contributed by atoms with Crippen molar-refractivity contribution in [3.05, 3.63) is 11.1 Å². The number of thiazole rings is 1. The smallest absolute Gasteiger partial charge is 0.303 e. The Hall–Kier alpha value is -0.700. The van der Waals surface area contributed by atoms with Crippen LogP contribution in [0.15, 0.2) is 6.20 Å². The van der Waals surface area contributed by atoms with Gasteiger partial charge in [0.25, 0.3) is 0 Å². The molecular weight excluding hydrogens is 274 g/mol. The Labute approximate surface area is 111 Å². The summed E-state index contributed by atoms with van der Waals surface area (Å²) >= 11 is 1.32. The summed E-state index contributed by atoms with van der Waals surface area (Å²) in [6.45, 7) is 2.91. The van der Waals surface area contributed by atoms with Crippen LogP contribution in [-0.4, -0.2) is 42.5 Å². The van der Waals surface area contributed by atoms with Crippen molar-refractivity contribution >= 4 is 26.7 Å². The van der Waals surface area contributed by atoms with Gasteiger partial charge in [-0.3, -0.25) is 0 Å². The maximum absolute atomic E-state index is 12.1. The molecule has 2 N–H and O–H groups in total. The van der Waals surface area contributed by atoms with Crippen molar-refractivity contribution in [2.24, 2.45) is 5.92 Å². The number of rotatable bonds is 4. The molecule has 0 amide bonds. The van der Waals surface area contributed by atoms with Gasteiger partial charge in [-0.2, -0.15) is 12.7 Å². The van der Waals surface area contributed by atoms with Crippen LogP contribution < -0.4 is 4.72 Å². The molecule has 2 rings (SSSR count). The standard InChI is InChI=1S/C10H17N3O3S2/c1-8-6-11-10(17-8)12-18(15,16)13-4-2-9(7-14)3-5-13/h6,9,14H,2-5,7H2,1H3,(H,11,12). The van der Waals surface area contributed by atoms with Gasteiger partial charge in [-0.1, -0.05) is 0 Å². The molecule has 0 aliphatic carbocycles. The minimum Gasteiger partial charge on any atom is -0.396 e. The summed E-state index contributed by atoms with van der Waals surface area (Å²) < 4.78 is 28.1. The Morgan fingerprint density at radius 3 is 2.72 bits per heavy atom. The minimum atomic E-state index is -3.51. The highest BCUT2D eigenvalue weighted by Gasteiger charge is 2.28. The first kappa shape index (κ1) is 13.7. The van der Waals surface area contributed by atoms with Gasteiger partial charge in [0.2, 0.25) is 0 Å². The lowest BCUT2D eigenvalue weighted by molar-refractivity contribution is 0.170. The number of nitrogens with one attached hydrogen (secondary N) is 1. The molecule has 1 aliphatic rings. The number of piperidine rings is 1. The number of hydrogen-bond donors (Lipinski definition) is 2. The lowest BCUT2D eigenvalue weighted by Gasteiger charge is -2.29. The minimum absolute atomic E-state index is 0.132. The van der Waals surface area contributed by atoms with Gasteiger partial charge in [0.05, 0.1) is 0 Å². The summed E-state index contributed by atoms with van der Waals surface area (Å²) in [5, 5.41) is 9.43. The van der Waals surface area contributed by atoms with E-state index in [1.54, 1.807) is 6.20 Å². The Morgan fingerprint density at radius 1 is 1.56 bits per heavy atom. The van der Waals surface area contributed by atoms with Crippen molar-refractivity contribution in [1.29, 1.82) is 0 Å². The summed E-state index contributed by atoms with van der Waals surface area (Å²) in [6.07, 6.45) is 3.04. The van der Waals surface area contributed by atoms with E-state index in [-0.39, 0.29) is 12.5 Å². The van der Waals surface area contributed by atoms with Gasteiger partial charge in [-0.05, 0) is 25.7 Å². The van der Waals surface area contributed by atoms with E-state index < -0.39 is 10.2 Å². The van der Waals surface area contributed by atoms with Crippen molar-refractivity contribution in [2.75, 3.05) is 24.4 Å². The SMILES string of the molecule is Cc1cnc(NS(=O)(=O)N2CCC(CO)CC2)s1. The monoisotopic (exact) mass is 291 g/mol. The van der Waals surface area contributed by atoms with E-state index >= 15 is 0 Å². The molecule has 1 fully saturated rings. The number of nitrogens with zero attached hydrogens (tertiary/aromatic N) is 2. The molecule has 8 heteroatoms. The number of aliphatic hydroxyl groups excluding tert-OH is 1. The van der Waals surface area contributed by atoms with Crippen LogP contribution in [0.25, 0.3) is 0 Å². The molecule has 6 nitrogen and oxygen atoms in total. The van der Waals surface area contributed by atoms with Gasteiger partial charge in [0.15, 0.2) is 5.13 Å². The highest BCUT2D eigenvalue weighted by molar-refractivity contribution is 7.90. The van der Waals surface area contributed by atoms with Crippen LogP contribution in [0.1, 0.15) is 17.7 Å². The average Bonchev–Trinajstić information content (AvgIpc) is 2.74. The lowest BCUT2D eigenvalue weighted by Crippen LogP contribution is -2.42. The molecular formula is C10H17N3O3S2. The first-order valence-electron chi connectivity index (χ1n) is 5.82. The lowest BCUT2D eigenvalue weighted by atomic mass is 10.00. The number of aromatic nitrogens is 1. The third-order valence-electron chi connectivity index (χ3n) is 3.01. The van der Waals surface area contributed by atoms with Gasteiger partial charge >= 0.3 is 10.2 Å². The second-order valence-corrected chi connectivity index (χ2v) is 7.31. The summed E-state index contributed by atoms with van der Waals surface area (Å²) in [5.74, 6) is 0.221. The second kappa shape index (κ2) is 5.52. The Balaban J connectivity index is 1.99. The Bertz CT molecular complexity index is 492. The zero-order valence-corrected chi connectivity index (χ0v) is 11.8. The van der Waals surface area contributed by atoms with Gasteiger partial charge in [-0.25, -0.2) is 9.71 Å². The predicted molar refractivity (Wildman–Crippen MR) is 70.8 cm³/mol. The van der Waals surface area contributed by atoms with Crippen LogP contribution in [0, 0.1) is 12.8 Å². The van der Waals surface area contributed by atoms with E-state index in [9.17, 15) is 8.42 Å². The zero-order valence-electron chi connectivity index (χ0n) is 10.2. The highest BCUT2D eigenvalue weighted by Crippen LogP contribution is 2.22. The van der Waals surface area contributed by atoms with E-state index in [1.807, 2.05) is 6.92 Å². The fourth-order valence-corrected chi connectivity index (χ4v) is 4.00. The molecule has 0 saturated carbocycles. The van der Waals surface area contributed by atoms with Crippen molar-refractivity contribution < 1.29 is 13.5 Å². The van der Waals surface area contributed by atoms with Crippen LogP contribution in [0.3, 0.4) is 0 Å². The molecule has 102 valence electrons. The van der Waals surface area contributed by atoms with E-state index in [2.05, 4.69) is 9.71 Å². The number of hydrogen-bond acceptors (Lipinski definition) is 5. The van der Waals surface area contributed by atoms with Crippen LogP contribution in [-0.2, 0) is 10.2 Å². The topological polar surface area (TPSA) is 82.5 Å². The third-order valence-corrected chi connectivity index (χ3v) is 5.46. The van der Waals surface area contributed by atoms with Gasteiger partial charge in [-0.15, -0.1) is 11.3 Å². The Kier molecular flexibility index (Phi) is 4.21. The first-order valence-corrected chi connectivity index (χ1v) is 8.08. The van der Waals surface area contributed by atoms with E-state index in [0.29, 0.717) is 31.1 Å². The van der Waals surface area contributed by atoms with Crippen LogP contribution in [0.4, 0.5) is 5.13 Å². The summed E-state index contributed by atoms with van der Waals surface area (Å²) in [5.41, 5.74) is 0. The molecule has 2 heterocycles. The summed E-state index contributed by atoms with van der Waals surface area (Å²) in [6, 6.07) is 0. The van der Waals surface area contributed by atoms with Gasteiger partial charge in [0, 0.05) is 30.8 Å². The first-order chi connectivity index (χ1) is 8.51. The molecule has 18 heavy (non-hydrogen) atoms. The molecule has 0 atom stereocenters. The van der Waals surface area contributed by atoms with E-state index in [1.165, 1.54) is 15.6 Å². The quantitative estimate of drug-likeness (QED) is 0.860. The predicted octanol–water partition coefficient (Wildman–Crippen LogP) is 0.813. The summed E-state index contributed by atoms with van der Waals surface area (Å²) in [4.78, 5) is 4.95. The zero-order chi connectivity index (χ0) is 13.2. The number of anilines is 1. The molecule has 0 unspecified atom stereocenters. The maximum atomic E-state index is 12.1. The average molecular weight is 291 g/mol.